The number of phenolic OH excluding ortho intramolecular Hbond substituents is 1. The molecule has 6 heterocycles. The maximum atomic E-state index is 13.3. The second-order valence-corrected chi connectivity index (χ2v) is 13.6. The Kier molecular flexibility index (Phi) is 6.70. The van der Waals surface area contributed by atoms with E-state index in [-0.39, 0.29) is 29.4 Å². The van der Waals surface area contributed by atoms with Crippen LogP contribution in [-0.4, -0.2) is 91.5 Å². The van der Waals surface area contributed by atoms with Crippen molar-refractivity contribution in [1.29, 1.82) is 0 Å². The number of ether oxygens (including phenoxy) is 1. The molecule has 2 aromatic heterocycles. The first-order chi connectivity index (χ1) is 23.0. The van der Waals surface area contributed by atoms with E-state index < -0.39 is 0 Å². The minimum atomic E-state index is -0.0879. The van der Waals surface area contributed by atoms with E-state index >= 15 is 0 Å². The molecule has 3 N–H and O–H groups in total. The zero-order valence-electron chi connectivity index (χ0n) is 26.2. The van der Waals surface area contributed by atoms with Crippen molar-refractivity contribution >= 4 is 39.2 Å². The molecule has 11 heteroatoms. The van der Waals surface area contributed by atoms with Gasteiger partial charge < -0.3 is 25.0 Å². The van der Waals surface area contributed by atoms with E-state index in [2.05, 4.69) is 49.6 Å². The number of nitrogens with zero attached hydrogens (tertiary/aromatic N) is 6. The second kappa shape index (κ2) is 11.1. The number of urea groups is 1. The molecule has 2 atom stereocenters. The van der Waals surface area contributed by atoms with Gasteiger partial charge in [0.2, 0.25) is 0 Å². The quantitative estimate of drug-likeness (QED) is 0.216. The molecule has 0 spiro atoms. The van der Waals surface area contributed by atoms with Crippen molar-refractivity contribution in [2.45, 2.75) is 56.1 Å². The predicted molar refractivity (Wildman–Crippen MR) is 181 cm³/mol. The lowest BCUT2D eigenvalue weighted by Crippen LogP contribution is -2.57. The number of hydrogen-bond acceptors (Lipinski definition) is 8. The summed E-state index contributed by atoms with van der Waals surface area (Å²) in [6.07, 6.45) is 9.90. The number of phenols is 1. The number of aromatic nitrogens is 4. The van der Waals surface area contributed by atoms with Crippen molar-refractivity contribution in [3.8, 4) is 22.9 Å². The number of aromatic amines is 1. The molecule has 240 valence electrons. The minimum absolute atomic E-state index is 0.0670. The number of hydrogen-bond donors (Lipinski definition) is 3. The van der Waals surface area contributed by atoms with Crippen LogP contribution in [0.2, 0.25) is 0 Å². The van der Waals surface area contributed by atoms with Gasteiger partial charge in [0.25, 0.3) is 0 Å². The van der Waals surface area contributed by atoms with Crippen LogP contribution in [0.15, 0.2) is 67.0 Å². The molecule has 0 saturated carbocycles. The average molecular weight is 631 g/mol. The highest BCUT2D eigenvalue weighted by atomic mass is 16.5. The number of rotatable bonds is 6. The SMILES string of the molecule is O=C(Nc1cn[nH]c1)N1[C@@H]2CC[C@H]1CN(c1nc(OCC34CCCN3CCC4)nc3cc(-c4cc(O)cc5ccccc45)ccc13)C2. The third-order valence-corrected chi connectivity index (χ3v) is 10.9. The maximum Gasteiger partial charge on any atom is 0.322 e. The molecule has 4 aliphatic rings. The number of aromatic hydroxyl groups is 1. The highest BCUT2D eigenvalue weighted by Gasteiger charge is 2.46. The molecule has 2 bridgehead atoms. The fourth-order valence-electron chi connectivity index (χ4n) is 8.67. The Bertz CT molecular complexity index is 1960. The van der Waals surface area contributed by atoms with Crippen LogP contribution in [0.4, 0.5) is 16.3 Å². The van der Waals surface area contributed by atoms with E-state index in [1.165, 1.54) is 12.8 Å². The monoisotopic (exact) mass is 630 g/mol. The van der Waals surface area contributed by atoms with Gasteiger partial charge in [0.1, 0.15) is 18.2 Å². The van der Waals surface area contributed by atoms with Gasteiger partial charge >= 0.3 is 12.0 Å². The van der Waals surface area contributed by atoms with Crippen LogP contribution in [0.25, 0.3) is 32.8 Å². The standard InChI is InChI=1S/C36H38N8O3/c45-28-15-23-5-1-2-6-29(23)31(17-28)24-7-10-30-32(16-24)40-34(47-22-36-11-3-13-43(36)14-4-12-36)41-33(30)42-20-26-8-9-27(21-42)44(26)35(46)39-25-18-37-38-19-25/h1-2,5-7,10,15-19,26-27,45H,3-4,8-9,11-14,20-22H2,(H,37,38)(H,39,46)/t26-,27+. The number of H-pyrrole nitrogens is 1. The Morgan fingerprint density at radius 1 is 1.00 bits per heavy atom. The van der Waals surface area contributed by atoms with Crippen LogP contribution in [-0.2, 0) is 0 Å². The summed E-state index contributed by atoms with van der Waals surface area (Å²) in [4.78, 5) is 30.3. The van der Waals surface area contributed by atoms with Gasteiger partial charge in [-0.2, -0.15) is 15.1 Å². The fraction of sp³-hybridized carbons (Fsp3) is 0.389. The summed E-state index contributed by atoms with van der Waals surface area (Å²) in [5, 5.41) is 23.3. The zero-order chi connectivity index (χ0) is 31.5. The lowest BCUT2D eigenvalue weighted by Gasteiger charge is -2.41. The first kappa shape index (κ1) is 28.3. The fourth-order valence-corrected chi connectivity index (χ4v) is 8.67. The van der Waals surface area contributed by atoms with Crippen molar-refractivity contribution in [2.24, 2.45) is 0 Å². The number of fused-ring (bicyclic) bond motifs is 5. The number of amides is 2. The Morgan fingerprint density at radius 2 is 1.81 bits per heavy atom. The summed E-state index contributed by atoms with van der Waals surface area (Å²) in [6, 6.07) is 18.4. The van der Waals surface area contributed by atoms with Gasteiger partial charge in [-0.3, -0.25) is 10.00 Å². The number of nitrogens with one attached hydrogen (secondary N) is 2. The first-order valence-corrected chi connectivity index (χ1v) is 16.8. The molecule has 47 heavy (non-hydrogen) atoms. The molecule has 5 aromatic rings. The van der Waals surface area contributed by atoms with E-state index in [0.29, 0.717) is 31.4 Å². The molecule has 2 amide bonds. The van der Waals surface area contributed by atoms with Crippen molar-refractivity contribution in [2.75, 3.05) is 43.0 Å². The van der Waals surface area contributed by atoms with E-state index in [1.54, 1.807) is 18.5 Å². The van der Waals surface area contributed by atoms with Crippen LogP contribution < -0.4 is 15.0 Å². The van der Waals surface area contributed by atoms with Gasteiger partial charge in [0, 0.05) is 24.7 Å². The largest absolute Gasteiger partial charge is 0.508 e. The van der Waals surface area contributed by atoms with Crippen molar-refractivity contribution in [3.63, 3.8) is 0 Å². The lowest BCUT2D eigenvalue weighted by atomic mass is 9.95. The van der Waals surface area contributed by atoms with E-state index in [1.807, 2.05) is 29.2 Å². The molecule has 3 aromatic carbocycles. The summed E-state index contributed by atoms with van der Waals surface area (Å²) in [5.41, 5.74) is 3.46. The van der Waals surface area contributed by atoms with E-state index in [9.17, 15) is 9.90 Å². The van der Waals surface area contributed by atoms with Gasteiger partial charge in [-0.15, -0.1) is 0 Å². The van der Waals surface area contributed by atoms with Gasteiger partial charge in [0.05, 0.1) is 35.0 Å². The van der Waals surface area contributed by atoms with Crippen LogP contribution in [0.1, 0.15) is 38.5 Å². The number of carbonyl (C=O) groups excluding carboxylic acids is 1. The zero-order valence-corrected chi connectivity index (χ0v) is 26.2. The molecule has 4 fully saturated rings. The second-order valence-electron chi connectivity index (χ2n) is 13.6. The highest BCUT2D eigenvalue weighted by molar-refractivity contribution is 6.01. The molecular weight excluding hydrogens is 592 g/mol. The smallest absolute Gasteiger partial charge is 0.322 e. The van der Waals surface area contributed by atoms with E-state index in [0.717, 1.165) is 77.4 Å². The molecule has 0 aliphatic carbocycles. The maximum absolute atomic E-state index is 13.3. The number of benzene rings is 3. The van der Waals surface area contributed by atoms with Crippen molar-refractivity contribution in [3.05, 3.63) is 67.0 Å². The third kappa shape index (κ3) is 4.91. The molecule has 4 saturated heterocycles. The van der Waals surface area contributed by atoms with Gasteiger partial charge in [-0.1, -0.05) is 30.3 Å². The number of anilines is 2. The summed E-state index contributed by atoms with van der Waals surface area (Å²) in [5.74, 6) is 1.07. The van der Waals surface area contributed by atoms with Gasteiger partial charge in [-0.05, 0) is 97.8 Å². The van der Waals surface area contributed by atoms with Crippen LogP contribution in [0, 0.1) is 0 Å². The van der Waals surface area contributed by atoms with Crippen molar-refractivity contribution < 1.29 is 14.6 Å². The van der Waals surface area contributed by atoms with Gasteiger partial charge in [-0.25, -0.2) is 4.79 Å². The molecule has 9 rings (SSSR count). The molecule has 0 unspecified atom stereocenters. The normalized spacial score (nSPS) is 21.9. The number of carbonyl (C=O) groups is 1. The van der Waals surface area contributed by atoms with Crippen LogP contribution >= 0.6 is 0 Å². The lowest BCUT2D eigenvalue weighted by molar-refractivity contribution is 0.108. The highest BCUT2D eigenvalue weighted by Crippen LogP contribution is 2.41. The Labute approximate surface area is 272 Å². The number of piperazine rings is 1. The van der Waals surface area contributed by atoms with Crippen LogP contribution in [0.3, 0.4) is 0 Å². The topological polar surface area (TPSA) is 123 Å². The first-order valence-electron chi connectivity index (χ1n) is 16.8. The summed E-state index contributed by atoms with van der Waals surface area (Å²) >= 11 is 0. The Balaban J connectivity index is 1.08. The average Bonchev–Trinajstić information content (AvgIpc) is 3.87. The summed E-state index contributed by atoms with van der Waals surface area (Å²) < 4.78 is 6.54. The Morgan fingerprint density at radius 3 is 2.60 bits per heavy atom. The predicted octanol–water partition coefficient (Wildman–Crippen LogP) is 5.77. The van der Waals surface area contributed by atoms with Crippen molar-refractivity contribution in [1.82, 2.24) is 30.0 Å². The Hall–Kier alpha value is -4.90. The van der Waals surface area contributed by atoms with E-state index in [4.69, 9.17) is 14.7 Å². The van der Waals surface area contributed by atoms with Gasteiger partial charge in [0.15, 0.2) is 0 Å². The molecule has 4 aliphatic heterocycles. The molecular formula is C36H38N8O3. The van der Waals surface area contributed by atoms with Crippen LogP contribution in [0.5, 0.6) is 11.8 Å². The molecule has 0 radical (unpaired) electrons. The minimum Gasteiger partial charge on any atom is -0.508 e. The summed E-state index contributed by atoms with van der Waals surface area (Å²) in [6.45, 7) is 4.21. The third-order valence-electron chi connectivity index (χ3n) is 10.9. The summed E-state index contributed by atoms with van der Waals surface area (Å²) in [7, 11) is 0. The molecule has 11 nitrogen and oxygen atoms in total.